The van der Waals surface area contributed by atoms with Gasteiger partial charge in [0.1, 0.15) is 0 Å². The molecule has 0 spiro atoms. The lowest BCUT2D eigenvalue weighted by atomic mass is 10.0. The topological polar surface area (TPSA) is 59.0 Å². The molecule has 1 saturated heterocycles. The van der Waals surface area contributed by atoms with Crippen LogP contribution in [0.2, 0.25) is 0 Å². The van der Waals surface area contributed by atoms with Gasteiger partial charge in [-0.15, -0.1) is 0 Å². The molecule has 5 nitrogen and oxygen atoms in total. The van der Waals surface area contributed by atoms with Crippen LogP contribution in [0.3, 0.4) is 0 Å². The molecule has 2 atom stereocenters. The first-order chi connectivity index (χ1) is 11.2. The average Bonchev–Trinajstić information content (AvgIpc) is 3.26. The molecule has 0 aliphatic carbocycles. The van der Waals surface area contributed by atoms with Crippen molar-refractivity contribution in [2.45, 2.75) is 32.2 Å². The second-order valence-electron chi connectivity index (χ2n) is 6.23. The highest BCUT2D eigenvalue weighted by atomic mass is 16.1. The van der Waals surface area contributed by atoms with Gasteiger partial charge in [-0.2, -0.15) is 5.10 Å². The summed E-state index contributed by atoms with van der Waals surface area (Å²) in [6.45, 7) is 4.17. The minimum absolute atomic E-state index is 0.0240. The second kappa shape index (κ2) is 7.42. The van der Waals surface area contributed by atoms with Gasteiger partial charge in [0.05, 0.1) is 11.7 Å². The molecule has 1 aliphatic rings. The number of hydrogen-bond acceptors (Lipinski definition) is 3. The molecule has 2 N–H and O–H groups in total. The Labute approximate surface area is 137 Å². The van der Waals surface area contributed by atoms with Crippen LogP contribution >= 0.6 is 0 Å². The third-order valence-electron chi connectivity index (χ3n) is 4.48. The van der Waals surface area contributed by atoms with Gasteiger partial charge in [-0.3, -0.25) is 4.79 Å². The molecule has 23 heavy (non-hydrogen) atoms. The van der Waals surface area contributed by atoms with E-state index in [1.165, 1.54) is 6.42 Å². The van der Waals surface area contributed by atoms with Crippen LogP contribution in [0.15, 0.2) is 42.7 Å². The Morgan fingerprint density at radius 2 is 2.26 bits per heavy atom. The molecule has 1 fully saturated rings. The number of carbonyl (C=O) groups excluding carboxylic acids is 1. The summed E-state index contributed by atoms with van der Waals surface area (Å²) in [6.07, 6.45) is 6.46. The summed E-state index contributed by atoms with van der Waals surface area (Å²) >= 11 is 0. The SMILES string of the molecule is CC(NC(=O)CCC1CCNC1)c1ccc(-n2cccn2)cc1. The van der Waals surface area contributed by atoms with Gasteiger partial charge in [0.2, 0.25) is 5.91 Å². The first-order valence-corrected chi connectivity index (χ1v) is 8.32. The molecule has 122 valence electrons. The molecule has 2 aromatic rings. The van der Waals surface area contributed by atoms with Gasteiger partial charge < -0.3 is 10.6 Å². The van der Waals surface area contributed by atoms with E-state index in [0.717, 1.165) is 30.8 Å². The largest absolute Gasteiger partial charge is 0.350 e. The van der Waals surface area contributed by atoms with Gasteiger partial charge in [0, 0.05) is 18.8 Å². The molecule has 2 unspecified atom stereocenters. The summed E-state index contributed by atoms with van der Waals surface area (Å²) in [5.41, 5.74) is 2.13. The van der Waals surface area contributed by atoms with E-state index in [-0.39, 0.29) is 11.9 Å². The highest BCUT2D eigenvalue weighted by molar-refractivity contribution is 5.76. The average molecular weight is 312 g/mol. The van der Waals surface area contributed by atoms with Gasteiger partial charge in [-0.1, -0.05) is 12.1 Å². The van der Waals surface area contributed by atoms with E-state index in [1.54, 1.807) is 6.20 Å². The first kappa shape index (κ1) is 15.7. The Morgan fingerprint density at radius 3 is 2.91 bits per heavy atom. The summed E-state index contributed by atoms with van der Waals surface area (Å²) in [5, 5.41) is 10.6. The fraction of sp³-hybridized carbons (Fsp3) is 0.444. The Bertz CT molecular complexity index is 615. The lowest BCUT2D eigenvalue weighted by Crippen LogP contribution is -2.27. The number of carbonyl (C=O) groups is 1. The molecule has 0 saturated carbocycles. The van der Waals surface area contributed by atoms with Crippen LogP contribution < -0.4 is 10.6 Å². The van der Waals surface area contributed by atoms with E-state index in [9.17, 15) is 4.79 Å². The number of nitrogens with zero attached hydrogens (tertiary/aromatic N) is 2. The highest BCUT2D eigenvalue weighted by Crippen LogP contribution is 2.17. The van der Waals surface area contributed by atoms with Crippen LogP contribution in [0.4, 0.5) is 0 Å². The summed E-state index contributed by atoms with van der Waals surface area (Å²) in [7, 11) is 0. The van der Waals surface area contributed by atoms with Gasteiger partial charge >= 0.3 is 0 Å². The van der Waals surface area contributed by atoms with E-state index in [1.807, 2.05) is 48.1 Å². The zero-order chi connectivity index (χ0) is 16.1. The summed E-state index contributed by atoms with van der Waals surface area (Å²) in [6, 6.07) is 10.1. The zero-order valence-electron chi connectivity index (χ0n) is 13.5. The van der Waals surface area contributed by atoms with Crippen molar-refractivity contribution in [2.75, 3.05) is 13.1 Å². The number of rotatable bonds is 6. The molecule has 3 rings (SSSR count). The number of hydrogen-bond donors (Lipinski definition) is 2. The minimum atomic E-state index is 0.0240. The molecule has 1 amide bonds. The molecule has 1 aromatic heterocycles. The van der Waals surface area contributed by atoms with Crippen LogP contribution in [0.25, 0.3) is 5.69 Å². The maximum absolute atomic E-state index is 12.1. The van der Waals surface area contributed by atoms with Crippen molar-refractivity contribution in [3.63, 3.8) is 0 Å². The minimum Gasteiger partial charge on any atom is -0.350 e. The van der Waals surface area contributed by atoms with Crippen molar-refractivity contribution in [3.05, 3.63) is 48.3 Å². The van der Waals surface area contributed by atoms with Gasteiger partial charge in [0.15, 0.2) is 0 Å². The number of benzene rings is 1. The summed E-state index contributed by atoms with van der Waals surface area (Å²) in [4.78, 5) is 12.1. The maximum atomic E-state index is 12.1. The number of amides is 1. The smallest absolute Gasteiger partial charge is 0.220 e. The monoisotopic (exact) mass is 312 g/mol. The molecule has 1 aliphatic heterocycles. The Balaban J connectivity index is 1.51. The van der Waals surface area contributed by atoms with Gasteiger partial charge in [0.25, 0.3) is 0 Å². The molecule has 2 heterocycles. The normalized spacial score (nSPS) is 18.7. The van der Waals surface area contributed by atoms with E-state index in [0.29, 0.717) is 12.3 Å². The highest BCUT2D eigenvalue weighted by Gasteiger charge is 2.16. The predicted octanol–water partition coefficient (Wildman–Crippen LogP) is 2.44. The Hall–Kier alpha value is -2.14. The zero-order valence-corrected chi connectivity index (χ0v) is 13.5. The van der Waals surface area contributed by atoms with Crippen molar-refractivity contribution < 1.29 is 4.79 Å². The Kier molecular flexibility index (Phi) is 5.08. The van der Waals surface area contributed by atoms with Crippen molar-refractivity contribution in [1.82, 2.24) is 20.4 Å². The van der Waals surface area contributed by atoms with Gasteiger partial charge in [-0.05, 0) is 62.5 Å². The van der Waals surface area contributed by atoms with Gasteiger partial charge in [-0.25, -0.2) is 4.68 Å². The lowest BCUT2D eigenvalue weighted by molar-refractivity contribution is -0.122. The summed E-state index contributed by atoms with van der Waals surface area (Å²) in [5.74, 6) is 0.796. The molecular weight excluding hydrogens is 288 g/mol. The van der Waals surface area contributed by atoms with E-state index in [4.69, 9.17) is 0 Å². The van der Waals surface area contributed by atoms with Crippen molar-refractivity contribution in [2.24, 2.45) is 5.92 Å². The molecule has 5 heteroatoms. The van der Waals surface area contributed by atoms with Crippen molar-refractivity contribution in [1.29, 1.82) is 0 Å². The summed E-state index contributed by atoms with van der Waals surface area (Å²) < 4.78 is 1.82. The van der Waals surface area contributed by atoms with E-state index in [2.05, 4.69) is 15.7 Å². The molecule has 0 radical (unpaired) electrons. The third-order valence-corrected chi connectivity index (χ3v) is 4.48. The maximum Gasteiger partial charge on any atom is 0.220 e. The lowest BCUT2D eigenvalue weighted by Gasteiger charge is -2.16. The molecule has 1 aromatic carbocycles. The standard InChI is InChI=1S/C18H24N4O/c1-14(21-18(23)8-3-15-9-11-19-13-15)16-4-6-17(7-5-16)22-12-2-10-20-22/h2,4-7,10,12,14-15,19H,3,8-9,11,13H2,1H3,(H,21,23). The third kappa shape index (κ3) is 4.20. The quantitative estimate of drug-likeness (QED) is 0.861. The second-order valence-corrected chi connectivity index (χ2v) is 6.23. The van der Waals surface area contributed by atoms with Crippen LogP contribution in [0, 0.1) is 5.92 Å². The first-order valence-electron chi connectivity index (χ1n) is 8.32. The van der Waals surface area contributed by atoms with Crippen molar-refractivity contribution >= 4 is 5.91 Å². The number of aromatic nitrogens is 2. The number of nitrogens with one attached hydrogen (secondary N) is 2. The fourth-order valence-electron chi connectivity index (χ4n) is 3.03. The molecular formula is C18H24N4O. The molecule has 0 bridgehead atoms. The van der Waals surface area contributed by atoms with Crippen molar-refractivity contribution in [3.8, 4) is 5.69 Å². The Morgan fingerprint density at radius 1 is 1.43 bits per heavy atom. The predicted molar refractivity (Wildman–Crippen MR) is 90.3 cm³/mol. The van der Waals surface area contributed by atoms with Crippen LogP contribution in [0.5, 0.6) is 0 Å². The van der Waals surface area contributed by atoms with Crippen LogP contribution in [-0.4, -0.2) is 28.8 Å². The fourth-order valence-corrected chi connectivity index (χ4v) is 3.03. The van der Waals surface area contributed by atoms with E-state index >= 15 is 0 Å². The van der Waals surface area contributed by atoms with Crippen LogP contribution in [0.1, 0.15) is 37.8 Å². The van der Waals surface area contributed by atoms with Crippen LogP contribution in [-0.2, 0) is 4.79 Å². The van der Waals surface area contributed by atoms with E-state index < -0.39 is 0 Å².